The van der Waals surface area contributed by atoms with Gasteiger partial charge < -0.3 is 5.32 Å². The molecule has 2 rings (SSSR count). The number of hydrogen-bond acceptors (Lipinski definition) is 3. The molecule has 2 aromatic rings. The summed E-state index contributed by atoms with van der Waals surface area (Å²) in [7, 11) is 0. The zero-order valence-corrected chi connectivity index (χ0v) is 9.47. The van der Waals surface area contributed by atoms with Crippen LogP contribution in [0.1, 0.15) is 5.56 Å². The van der Waals surface area contributed by atoms with E-state index >= 15 is 0 Å². The maximum absolute atomic E-state index is 10.6. The smallest absolute Gasteiger partial charge is 0.111 e. The summed E-state index contributed by atoms with van der Waals surface area (Å²) in [5, 5.41) is 6.32. The molecule has 0 radical (unpaired) electrons. The number of hydrogen-bond donors (Lipinski definition) is 1. The molecule has 0 fully saturated rings. The lowest BCUT2D eigenvalue weighted by Gasteiger charge is -2.06. The molecule has 0 aliphatic carbocycles. The Labute approximate surface area is 100 Å². The molecule has 0 unspecified atom stereocenters. The molecule has 0 aliphatic rings. The summed E-state index contributed by atoms with van der Waals surface area (Å²) in [6, 6.07) is 17.4. The number of para-hydroxylation sites is 1. The van der Waals surface area contributed by atoms with Crippen molar-refractivity contribution in [2.24, 2.45) is 5.18 Å². The molecule has 0 atom stereocenters. The van der Waals surface area contributed by atoms with Crippen molar-refractivity contribution in [3.63, 3.8) is 0 Å². The molecule has 3 nitrogen and oxygen atoms in total. The van der Waals surface area contributed by atoms with Gasteiger partial charge in [0.2, 0.25) is 0 Å². The van der Waals surface area contributed by atoms with E-state index in [1.54, 1.807) is 6.07 Å². The summed E-state index contributed by atoms with van der Waals surface area (Å²) in [5.74, 6) is 0. The predicted molar refractivity (Wildman–Crippen MR) is 70.5 cm³/mol. The zero-order chi connectivity index (χ0) is 11.9. The molecular formula is C14H14N2O. The summed E-state index contributed by atoms with van der Waals surface area (Å²) in [4.78, 5) is 10.6. The van der Waals surface area contributed by atoms with E-state index in [0.29, 0.717) is 5.69 Å². The number of anilines is 1. The Morgan fingerprint density at radius 1 is 0.941 bits per heavy atom. The third-order valence-electron chi connectivity index (χ3n) is 2.59. The standard InChI is InChI=1S/C14H14N2O/c17-16-14-9-5-4-6-12(14)10-11-15-13-7-2-1-3-8-13/h1-9,15H,10-11H2. The van der Waals surface area contributed by atoms with E-state index in [4.69, 9.17) is 0 Å². The summed E-state index contributed by atoms with van der Waals surface area (Å²) < 4.78 is 0. The molecule has 0 bridgehead atoms. The molecule has 17 heavy (non-hydrogen) atoms. The molecule has 0 heterocycles. The quantitative estimate of drug-likeness (QED) is 0.789. The summed E-state index contributed by atoms with van der Waals surface area (Å²) in [6.45, 7) is 0.788. The predicted octanol–water partition coefficient (Wildman–Crippen LogP) is 3.74. The molecular weight excluding hydrogens is 212 g/mol. The van der Waals surface area contributed by atoms with E-state index < -0.39 is 0 Å². The molecule has 2 aromatic carbocycles. The van der Waals surface area contributed by atoms with Crippen molar-refractivity contribution in [2.75, 3.05) is 11.9 Å². The summed E-state index contributed by atoms with van der Waals surface area (Å²) >= 11 is 0. The third-order valence-corrected chi connectivity index (χ3v) is 2.59. The lowest BCUT2D eigenvalue weighted by atomic mass is 10.1. The number of nitrogens with one attached hydrogen (secondary N) is 1. The van der Waals surface area contributed by atoms with Crippen molar-refractivity contribution in [2.45, 2.75) is 6.42 Å². The molecule has 0 spiro atoms. The first-order valence-corrected chi connectivity index (χ1v) is 5.60. The first-order valence-electron chi connectivity index (χ1n) is 5.60. The van der Waals surface area contributed by atoms with Gasteiger partial charge in [-0.15, -0.1) is 4.91 Å². The summed E-state index contributed by atoms with van der Waals surface area (Å²) in [5.41, 5.74) is 2.59. The van der Waals surface area contributed by atoms with Crippen LogP contribution in [0.25, 0.3) is 0 Å². The number of nitrogens with zero attached hydrogens (tertiary/aromatic N) is 1. The maximum Gasteiger partial charge on any atom is 0.111 e. The minimum atomic E-state index is 0.530. The first kappa shape index (κ1) is 11.3. The number of rotatable bonds is 5. The largest absolute Gasteiger partial charge is 0.385 e. The minimum Gasteiger partial charge on any atom is -0.385 e. The SMILES string of the molecule is O=Nc1ccccc1CCNc1ccccc1. The van der Waals surface area contributed by atoms with E-state index in [1.165, 1.54) is 0 Å². The van der Waals surface area contributed by atoms with Gasteiger partial charge in [0.25, 0.3) is 0 Å². The second-order valence-corrected chi connectivity index (χ2v) is 3.76. The number of benzene rings is 2. The fourth-order valence-corrected chi connectivity index (χ4v) is 1.71. The maximum atomic E-state index is 10.6. The van der Waals surface area contributed by atoms with Crippen LogP contribution in [0.15, 0.2) is 59.8 Å². The Balaban J connectivity index is 1.92. The van der Waals surface area contributed by atoms with Crippen LogP contribution in [0.2, 0.25) is 0 Å². The van der Waals surface area contributed by atoms with Crippen molar-refractivity contribution in [1.29, 1.82) is 0 Å². The average Bonchev–Trinajstić information content (AvgIpc) is 2.40. The zero-order valence-electron chi connectivity index (χ0n) is 9.47. The monoisotopic (exact) mass is 226 g/mol. The van der Waals surface area contributed by atoms with Crippen molar-refractivity contribution in [1.82, 2.24) is 0 Å². The highest BCUT2D eigenvalue weighted by Gasteiger charge is 2.00. The lowest BCUT2D eigenvalue weighted by molar-refractivity contribution is 1.02. The van der Waals surface area contributed by atoms with Gasteiger partial charge in [-0.25, -0.2) is 0 Å². The highest BCUT2D eigenvalue weighted by molar-refractivity contribution is 5.47. The molecule has 0 saturated heterocycles. The average molecular weight is 226 g/mol. The molecule has 0 amide bonds. The lowest BCUT2D eigenvalue weighted by Crippen LogP contribution is -2.04. The van der Waals surface area contributed by atoms with E-state index in [1.807, 2.05) is 48.5 Å². The van der Waals surface area contributed by atoms with Gasteiger partial charge in [0.05, 0.1) is 0 Å². The van der Waals surface area contributed by atoms with Crippen LogP contribution in [0, 0.1) is 4.91 Å². The number of nitroso groups, excluding NO2 is 1. The van der Waals surface area contributed by atoms with Gasteiger partial charge >= 0.3 is 0 Å². The fourth-order valence-electron chi connectivity index (χ4n) is 1.71. The second kappa shape index (κ2) is 5.80. The normalized spacial score (nSPS) is 9.88. The van der Waals surface area contributed by atoms with Gasteiger partial charge in [0, 0.05) is 12.2 Å². The Bertz CT molecular complexity index is 483. The van der Waals surface area contributed by atoms with Crippen molar-refractivity contribution >= 4 is 11.4 Å². The minimum absolute atomic E-state index is 0.530. The van der Waals surface area contributed by atoms with Gasteiger partial charge in [0.1, 0.15) is 5.69 Å². The second-order valence-electron chi connectivity index (χ2n) is 3.76. The Kier molecular flexibility index (Phi) is 3.86. The molecule has 86 valence electrons. The Hall–Kier alpha value is -2.16. The molecule has 1 N–H and O–H groups in total. The Morgan fingerprint density at radius 3 is 2.41 bits per heavy atom. The highest BCUT2D eigenvalue weighted by atomic mass is 16.3. The molecule has 0 aromatic heterocycles. The molecule has 3 heteroatoms. The van der Waals surface area contributed by atoms with E-state index in [2.05, 4.69) is 10.5 Å². The van der Waals surface area contributed by atoms with Crippen molar-refractivity contribution < 1.29 is 0 Å². The van der Waals surface area contributed by atoms with Gasteiger partial charge in [-0.1, -0.05) is 36.4 Å². The van der Waals surface area contributed by atoms with E-state index in [-0.39, 0.29) is 0 Å². The van der Waals surface area contributed by atoms with Crippen LogP contribution in [0.3, 0.4) is 0 Å². The van der Waals surface area contributed by atoms with Gasteiger partial charge in [-0.2, -0.15) is 0 Å². The van der Waals surface area contributed by atoms with Crippen molar-refractivity contribution in [3.8, 4) is 0 Å². The fraction of sp³-hybridized carbons (Fsp3) is 0.143. The van der Waals surface area contributed by atoms with E-state index in [9.17, 15) is 4.91 Å². The van der Waals surface area contributed by atoms with Crippen LogP contribution in [0.5, 0.6) is 0 Å². The van der Waals surface area contributed by atoms with E-state index in [0.717, 1.165) is 24.2 Å². The van der Waals surface area contributed by atoms with Crippen LogP contribution in [-0.4, -0.2) is 6.54 Å². The van der Waals surface area contributed by atoms with Crippen LogP contribution in [-0.2, 0) is 6.42 Å². The summed E-state index contributed by atoms with van der Waals surface area (Å²) in [6.07, 6.45) is 0.788. The van der Waals surface area contributed by atoms with Gasteiger partial charge in [-0.3, -0.25) is 0 Å². The first-order chi connectivity index (χ1) is 8.40. The van der Waals surface area contributed by atoms with Crippen molar-refractivity contribution in [3.05, 3.63) is 65.1 Å². The van der Waals surface area contributed by atoms with Crippen LogP contribution >= 0.6 is 0 Å². The van der Waals surface area contributed by atoms with Gasteiger partial charge in [-0.05, 0) is 35.4 Å². The molecule has 0 aliphatic heterocycles. The topological polar surface area (TPSA) is 41.5 Å². The van der Waals surface area contributed by atoms with Crippen LogP contribution < -0.4 is 5.32 Å². The van der Waals surface area contributed by atoms with Gasteiger partial charge in [0.15, 0.2) is 0 Å². The Morgan fingerprint density at radius 2 is 1.65 bits per heavy atom. The third kappa shape index (κ3) is 3.14. The van der Waals surface area contributed by atoms with Crippen LogP contribution in [0.4, 0.5) is 11.4 Å². The molecule has 0 saturated carbocycles. The highest BCUT2D eigenvalue weighted by Crippen LogP contribution is 2.18.